The molecular formula is C29H34ClN3O7S. The van der Waals surface area contributed by atoms with Gasteiger partial charge in [-0.25, -0.2) is 8.42 Å². The molecule has 12 heteroatoms. The summed E-state index contributed by atoms with van der Waals surface area (Å²) in [6.07, 6.45) is 0. The molecule has 0 bridgehead atoms. The normalized spacial score (nSPS) is 11.8. The van der Waals surface area contributed by atoms with Crippen LogP contribution >= 0.6 is 11.6 Å². The highest BCUT2D eigenvalue weighted by Crippen LogP contribution is 2.37. The molecule has 1 atom stereocenters. The Kier molecular flexibility index (Phi) is 10.5. The molecule has 1 N–H and O–H groups in total. The molecule has 0 radical (unpaired) electrons. The Labute approximate surface area is 245 Å². The maximum atomic E-state index is 14.2. The van der Waals surface area contributed by atoms with E-state index in [4.69, 9.17) is 25.8 Å². The second-order valence-electron chi connectivity index (χ2n) is 9.08. The molecule has 41 heavy (non-hydrogen) atoms. The number of hydrogen-bond donors (Lipinski definition) is 1. The number of carbonyl (C=O) groups is 2. The summed E-state index contributed by atoms with van der Waals surface area (Å²) in [5.74, 6) is -0.321. The van der Waals surface area contributed by atoms with Crippen molar-refractivity contribution in [2.45, 2.75) is 31.3 Å². The van der Waals surface area contributed by atoms with E-state index in [1.807, 2.05) is 31.2 Å². The first kappa shape index (κ1) is 31.6. The van der Waals surface area contributed by atoms with E-state index >= 15 is 0 Å². The zero-order chi connectivity index (χ0) is 30.3. The van der Waals surface area contributed by atoms with E-state index < -0.39 is 34.4 Å². The first-order chi connectivity index (χ1) is 19.5. The third-order valence-corrected chi connectivity index (χ3v) is 8.64. The minimum absolute atomic E-state index is 0.0478. The average molecular weight is 604 g/mol. The molecule has 2 amide bonds. The van der Waals surface area contributed by atoms with Crippen LogP contribution < -0.4 is 23.8 Å². The molecular weight excluding hydrogens is 570 g/mol. The number of rotatable bonds is 12. The Morgan fingerprint density at radius 1 is 0.927 bits per heavy atom. The zero-order valence-electron chi connectivity index (χ0n) is 23.8. The lowest BCUT2D eigenvalue weighted by Crippen LogP contribution is -2.50. The molecule has 0 aliphatic rings. The lowest BCUT2D eigenvalue weighted by Gasteiger charge is -2.32. The number of nitrogens with zero attached hydrogens (tertiary/aromatic N) is 2. The van der Waals surface area contributed by atoms with Crippen LogP contribution in [0.15, 0.2) is 65.6 Å². The van der Waals surface area contributed by atoms with Crippen LogP contribution in [0.2, 0.25) is 5.02 Å². The zero-order valence-corrected chi connectivity index (χ0v) is 25.4. The number of ether oxygens (including phenoxy) is 3. The van der Waals surface area contributed by atoms with Crippen molar-refractivity contribution in [2.75, 3.05) is 39.2 Å². The van der Waals surface area contributed by atoms with E-state index in [-0.39, 0.29) is 33.6 Å². The molecule has 0 aromatic heterocycles. The summed E-state index contributed by atoms with van der Waals surface area (Å²) in [4.78, 5) is 27.9. The number of hydrogen-bond acceptors (Lipinski definition) is 7. The summed E-state index contributed by atoms with van der Waals surface area (Å²) in [6.45, 7) is 2.91. The van der Waals surface area contributed by atoms with Gasteiger partial charge in [0, 0.05) is 24.7 Å². The predicted octanol–water partition coefficient (Wildman–Crippen LogP) is 4.03. The fourth-order valence-corrected chi connectivity index (χ4v) is 5.84. The van der Waals surface area contributed by atoms with E-state index in [2.05, 4.69) is 5.32 Å². The van der Waals surface area contributed by atoms with Crippen LogP contribution in [0.5, 0.6) is 17.2 Å². The monoisotopic (exact) mass is 603 g/mol. The van der Waals surface area contributed by atoms with E-state index in [1.54, 1.807) is 13.0 Å². The second-order valence-corrected chi connectivity index (χ2v) is 11.4. The minimum Gasteiger partial charge on any atom is -0.495 e. The highest BCUT2D eigenvalue weighted by Gasteiger charge is 2.34. The van der Waals surface area contributed by atoms with E-state index in [0.717, 1.165) is 15.4 Å². The quantitative estimate of drug-likeness (QED) is 0.332. The number of nitrogens with one attached hydrogen (secondary N) is 1. The molecule has 3 aromatic rings. The number of anilines is 1. The minimum atomic E-state index is -4.41. The van der Waals surface area contributed by atoms with Crippen LogP contribution in [0, 0.1) is 6.92 Å². The maximum Gasteiger partial charge on any atom is 0.265 e. The molecule has 1 unspecified atom stereocenters. The van der Waals surface area contributed by atoms with Crippen molar-refractivity contribution in [1.82, 2.24) is 10.2 Å². The maximum absolute atomic E-state index is 14.2. The standard InChI is InChI=1S/C29H34ClN3O7S/c1-19-9-7-8-10-21(19)17-32(20(2)29(35)31-3)28(34)18-33(24-15-22(30)11-13-25(24)38-4)41(36,37)23-12-14-26(39-5)27(16-23)40-6/h7-16,20H,17-18H2,1-6H3,(H,31,35). The van der Waals surface area contributed by atoms with Crippen LogP contribution in [0.25, 0.3) is 0 Å². The Morgan fingerprint density at radius 2 is 1.56 bits per heavy atom. The lowest BCUT2D eigenvalue weighted by molar-refractivity contribution is -0.139. The van der Waals surface area contributed by atoms with Gasteiger partial charge in [0.05, 0.1) is 31.9 Å². The molecule has 10 nitrogen and oxygen atoms in total. The second kappa shape index (κ2) is 13.6. The molecule has 0 heterocycles. The molecule has 0 fully saturated rings. The van der Waals surface area contributed by atoms with Crippen LogP contribution in [0.3, 0.4) is 0 Å². The van der Waals surface area contributed by atoms with Gasteiger partial charge in [-0.05, 0) is 55.3 Å². The predicted molar refractivity (Wildman–Crippen MR) is 157 cm³/mol. The fourth-order valence-electron chi connectivity index (χ4n) is 4.24. The number of halogens is 1. The topological polar surface area (TPSA) is 114 Å². The van der Waals surface area contributed by atoms with E-state index in [1.165, 1.54) is 63.6 Å². The number of benzene rings is 3. The van der Waals surface area contributed by atoms with Gasteiger partial charge in [-0.2, -0.15) is 0 Å². The van der Waals surface area contributed by atoms with Crippen LogP contribution in [0.1, 0.15) is 18.1 Å². The van der Waals surface area contributed by atoms with Crippen LogP contribution in [-0.4, -0.2) is 66.1 Å². The molecule has 3 rings (SSSR count). The van der Waals surface area contributed by atoms with Crippen molar-refractivity contribution in [2.24, 2.45) is 0 Å². The Morgan fingerprint density at radius 3 is 2.17 bits per heavy atom. The third-order valence-electron chi connectivity index (χ3n) is 6.65. The summed E-state index contributed by atoms with van der Waals surface area (Å²) in [7, 11) is 1.27. The molecule has 220 valence electrons. The van der Waals surface area contributed by atoms with Crippen molar-refractivity contribution < 1.29 is 32.2 Å². The van der Waals surface area contributed by atoms with Gasteiger partial charge in [-0.15, -0.1) is 0 Å². The van der Waals surface area contributed by atoms with Gasteiger partial charge in [0.15, 0.2) is 11.5 Å². The molecule has 0 saturated heterocycles. The Hall–Kier alpha value is -3.96. The highest BCUT2D eigenvalue weighted by molar-refractivity contribution is 7.92. The van der Waals surface area contributed by atoms with Crippen molar-refractivity contribution in [3.8, 4) is 17.2 Å². The van der Waals surface area contributed by atoms with Crippen molar-refractivity contribution in [3.05, 3.63) is 76.8 Å². The smallest absolute Gasteiger partial charge is 0.265 e. The summed E-state index contributed by atoms with van der Waals surface area (Å²) in [5.41, 5.74) is 1.78. The number of sulfonamides is 1. The first-order valence-electron chi connectivity index (χ1n) is 12.6. The Balaban J connectivity index is 2.16. The van der Waals surface area contributed by atoms with Crippen LogP contribution in [-0.2, 0) is 26.2 Å². The molecule has 0 saturated carbocycles. The SMILES string of the molecule is CNC(=O)C(C)N(Cc1ccccc1C)C(=O)CN(c1cc(Cl)ccc1OC)S(=O)(=O)c1ccc(OC)c(OC)c1. The van der Waals surface area contributed by atoms with Crippen molar-refractivity contribution in [3.63, 3.8) is 0 Å². The number of carbonyl (C=O) groups excluding carboxylic acids is 2. The van der Waals surface area contributed by atoms with Crippen molar-refractivity contribution in [1.29, 1.82) is 0 Å². The van der Waals surface area contributed by atoms with Gasteiger partial charge in [0.1, 0.15) is 18.3 Å². The summed E-state index contributed by atoms with van der Waals surface area (Å²) in [5, 5.41) is 2.80. The summed E-state index contributed by atoms with van der Waals surface area (Å²) >= 11 is 6.27. The van der Waals surface area contributed by atoms with E-state index in [9.17, 15) is 18.0 Å². The van der Waals surface area contributed by atoms with Crippen molar-refractivity contribution >= 4 is 39.1 Å². The highest BCUT2D eigenvalue weighted by atomic mass is 35.5. The van der Waals surface area contributed by atoms with Gasteiger partial charge in [0.25, 0.3) is 10.0 Å². The number of aryl methyl sites for hydroxylation is 1. The van der Waals surface area contributed by atoms with Gasteiger partial charge >= 0.3 is 0 Å². The first-order valence-corrected chi connectivity index (χ1v) is 14.4. The number of likely N-dealkylation sites (N-methyl/N-ethyl adjacent to an activating group) is 1. The lowest BCUT2D eigenvalue weighted by atomic mass is 10.1. The number of methoxy groups -OCH3 is 3. The van der Waals surface area contributed by atoms with E-state index in [0.29, 0.717) is 5.75 Å². The number of amides is 2. The van der Waals surface area contributed by atoms with Gasteiger partial charge in [0.2, 0.25) is 11.8 Å². The van der Waals surface area contributed by atoms with Gasteiger partial charge < -0.3 is 24.4 Å². The molecule has 0 spiro atoms. The van der Waals surface area contributed by atoms with Crippen LogP contribution in [0.4, 0.5) is 5.69 Å². The average Bonchev–Trinajstić information content (AvgIpc) is 2.97. The fraction of sp³-hybridized carbons (Fsp3) is 0.310. The largest absolute Gasteiger partial charge is 0.495 e. The van der Waals surface area contributed by atoms with Gasteiger partial charge in [-0.3, -0.25) is 13.9 Å². The third kappa shape index (κ3) is 7.04. The Bertz CT molecular complexity index is 1510. The summed E-state index contributed by atoms with van der Waals surface area (Å²) < 4.78 is 45.3. The molecule has 3 aromatic carbocycles. The molecule has 0 aliphatic heterocycles. The molecule has 0 aliphatic carbocycles. The van der Waals surface area contributed by atoms with Gasteiger partial charge in [-0.1, -0.05) is 35.9 Å². The summed E-state index contributed by atoms with van der Waals surface area (Å²) in [6, 6.07) is 15.1.